The molecule has 0 unspecified atom stereocenters. The van der Waals surface area contributed by atoms with Crippen LogP contribution in [-0.2, 0) is 4.79 Å². The van der Waals surface area contributed by atoms with Gasteiger partial charge in [-0.3, -0.25) is 9.69 Å². The lowest BCUT2D eigenvalue weighted by Gasteiger charge is -2.38. The molecule has 7 nitrogen and oxygen atoms in total. The van der Waals surface area contributed by atoms with Crippen LogP contribution in [0.5, 0.6) is 0 Å². The molecular formula is C18H26N6OS. The van der Waals surface area contributed by atoms with Gasteiger partial charge in [-0.1, -0.05) is 42.1 Å². The highest BCUT2D eigenvalue weighted by molar-refractivity contribution is 7.99. The molecule has 1 saturated heterocycles. The zero-order valence-electron chi connectivity index (χ0n) is 15.6. The second-order valence-electron chi connectivity index (χ2n) is 6.79. The van der Waals surface area contributed by atoms with Crippen molar-refractivity contribution in [2.75, 3.05) is 31.9 Å². The van der Waals surface area contributed by atoms with Gasteiger partial charge in [0.05, 0.1) is 11.8 Å². The predicted molar refractivity (Wildman–Crippen MR) is 102 cm³/mol. The number of hydrogen-bond acceptors (Lipinski definition) is 6. The summed E-state index contributed by atoms with van der Waals surface area (Å²) in [7, 11) is 0. The van der Waals surface area contributed by atoms with E-state index in [0.717, 1.165) is 26.2 Å². The zero-order chi connectivity index (χ0) is 18.5. The van der Waals surface area contributed by atoms with E-state index in [1.54, 1.807) is 4.68 Å². The average molecular weight is 375 g/mol. The SMILES string of the molecule is CC(C)n1nnnc1SCC(=O)N1CCN([C@H](C)c2ccccc2)CC1. The van der Waals surface area contributed by atoms with Crippen molar-refractivity contribution in [3.63, 3.8) is 0 Å². The van der Waals surface area contributed by atoms with Crippen molar-refractivity contribution < 1.29 is 4.79 Å². The van der Waals surface area contributed by atoms with Crippen LogP contribution in [0.15, 0.2) is 35.5 Å². The van der Waals surface area contributed by atoms with Gasteiger partial charge in [0.2, 0.25) is 11.1 Å². The van der Waals surface area contributed by atoms with E-state index in [1.165, 1.54) is 17.3 Å². The van der Waals surface area contributed by atoms with E-state index in [0.29, 0.717) is 17.0 Å². The minimum atomic E-state index is 0.153. The molecule has 0 bridgehead atoms. The predicted octanol–water partition coefficient (Wildman–Crippen LogP) is 2.25. The van der Waals surface area contributed by atoms with E-state index in [4.69, 9.17) is 0 Å². The van der Waals surface area contributed by atoms with E-state index >= 15 is 0 Å². The molecular weight excluding hydrogens is 348 g/mol. The summed E-state index contributed by atoms with van der Waals surface area (Å²) in [6.07, 6.45) is 0. The van der Waals surface area contributed by atoms with Gasteiger partial charge in [0.1, 0.15) is 0 Å². The Morgan fingerprint density at radius 1 is 1.12 bits per heavy atom. The first-order chi connectivity index (χ1) is 12.6. The molecule has 2 heterocycles. The van der Waals surface area contributed by atoms with Crippen LogP contribution in [0.25, 0.3) is 0 Å². The summed E-state index contributed by atoms with van der Waals surface area (Å²) in [5.41, 5.74) is 1.32. The number of piperazine rings is 1. The number of carbonyl (C=O) groups is 1. The zero-order valence-corrected chi connectivity index (χ0v) is 16.4. The fraction of sp³-hybridized carbons (Fsp3) is 0.556. The van der Waals surface area contributed by atoms with Crippen molar-refractivity contribution in [1.82, 2.24) is 30.0 Å². The van der Waals surface area contributed by atoms with Crippen LogP contribution in [0.2, 0.25) is 0 Å². The van der Waals surface area contributed by atoms with Crippen molar-refractivity contribution in [2.45, 2.75) is 38.0 Å². The first kappa shape index (κ1) is 18.8. The summed E-state index contributed by atoms with van der Waals surface area (Å²) in [6.45, 7) is 9.61. The Hall–Kier alpha value is -1.93. The van der Waals surface area contributed by atoms with Crippen LogP contribution < -0.4 is 0 Å². The summed E-state index contributed by atoms with van der Waals surface area (Å²) in [5.74, 6) is 0.529. The Labute approximate surface area is 158 Å². The van der Waals surface area contributed by atoms with E-state index in [9.17, 15) is 4.79 Å². The van der Waals surface area contributed by atoms with E-state index < -0.39 is 0 Å². The van der Waals surface area contributed by atoms with Gasteiger partial charge in [-0.15, -0.1) is 5.10 Å². The Morgan fingerprint density at radius 3 is 2.46 bits per heavy atom. The Bertz CT molecular complexity index is 711. The van der Waals surface area contributed by atoms with Crippen molar-refractivity contribution in [3.05, 3.63) is 35.9 Å². The highest BCUT2D eigenvalue weighted by Crippen LogP contribution is 2.22. The van der Waals surface area contributed by atoms with E-state index in [1.807, 2.05) is 24.8 Å². The standard InChI is InChI=1S/C18H26N6OS/c1-14(2)24-18(19-20-21-24)26-13-17(25)23-11-9-22(10-12-23)15(3)16-7-5-4-6-8-16/h4-8,14-15H,9-13H2,1-3H3/t15-/m1/s1. The molecule has 1 aromatic heterocycles. The van der Waals surface area contributed by atoms with Crippen LogP contribution >= 0.6 is 11.8 Å². The van der Waals surface area contributed by atoms with Gasteiger partial charge in [-0.05, 0) is 36.8 Å². The molecule has 26 heavy (non-hydrogen) atoms. The third-order valence-corrected chi connectivity index (χ3v) is 5.69. The fourth-order valence-electron chi connectivity index (χ4n) is 3.12. The number of carbonyl (C=O) groups excluding carboxylic acids is 1. The van der Waals surface area contributed by atoms with Crippen molar-refractivity contribution in [3.8, 4) is 0 Å². The lowest BCUT2D eigenvalue weighted by atomic mass is 10.1. The molecule has 1 atom stereocenters. The molecule has 1 aromatic carbocycles. The molecule has 8 heteroatoms. The third kappa shape index (κ3) is 4.42. The summed E-state index contributed by atoms with van der Waals surface area (Å²) in [6, 6.07) is 11.1. The van der Waals surface area contributed by atoms with Crippen LogP contribution in [0.3, 0.4) is 0 Å². The van der Waals surface area contributed by atoms with Gasteiger partial charge in [-0.2, -0.15) is 0 Å². The molecule has 0 aliphatic carbocycles. The maximum Gasteiger partial charge on any atom is 0.233 e. The number of benzene rings is 1. The molecule has 0 N–H and O–H groups in total. The molecule has 1 fully saturated rings. The van der Waals surface area contributed by atoms with Gasteiger partial charge in [0.15, 0.2) is 0 Å². The second-order valence-corrected chi connectivity index (χ2v) is 7.73. The molecule has 1 aliphatic heterocycles. The van der Waals surface area contributed by atoms with E-state index in [-0.39, 0.29) is 11.9 Å². The largest absolute Gasteiger partial charge is 0.339 e. The van der Waals surface area contributed by atoms with Crippen LogP contribution in [-0.4, -0.2) is 67.8 Å². The monoisotopic (exact) mass is 374 g/mol. The van der Waals surface area contributed by atoms with Crippen LogP contribution in [0.1, 0.15) is 38.4 Å². The summed E-state index contributed by atoms with van der Waals surface area (Å²) in [4.78, 5) is 16.9. The van der Waals surface area contributed by atoms with Crippen LogP contribution in [0, 0.1) is 0 Å². The number of rotatable bonds is 6. The summed E-state index contributed by atoms with van der Waals surface area (Å²) >= 11 is 1.41. The van der Waals surface area contributed by atoms with Gasteiger partial charge in [-0.25, -0.2) is 4.68 Å². The average Bonchev–Trinajstić information content (AvgIpc) is 3.15. The van der Waals surface area contributed by atoms with Crippen molar-refractivity contribution in [2.24, 2.45) is 0 Å². The van der Waals surface area contributed by atoms with Gasteiger partial charge in [0, 0.05) is 32.2 Å². The Kier molecular flexibility index (Phi) is 6.26. The maximum atomic E-state index is 12.5. The third-order valence-electron chi connectivity index (χ3n) is 4.77. The first-order valence-electron chi connectivity index (χ1n) is 9.03. The number of tetrazole rings is 1. The summed E-state index contributed by atoms with van der Waals surface area (Å²) in [5, 5.41) is 12.4. The highest BCUT2D eigenvalue weighted by atomic mass is 32.2. The Morgan fingerprint density at radius 2 is 1.81 bits per heavy atom. The van der Waals surface area contributed by atoms with Gasteiger partial charge in [0.25, 0.3) is 0 Å². The summed E-state index contributed by atoms with van der Waals surface area (Å²) < 4.78 is 1.75. The van der Waals surface area contributed by atoms with Gasteiger partial charge < -0.3 is 4.90 Å². The molecule has 0 radical (unpaired) electrons. The lowest BCUT2D eigenvalue weighted by Crippen LogP contribution is -2.49. The molecule has 0 saturated carbocycles. The first-order valence-corrected chi connectivity index (χ1v) is 10.0. The Balaban J connectivity index is 1.48. The fourth-order valence-corrected chi connectivity index (χ4v) is 4.03. The molecule has 0 spiro atoms. The highest BCUT2D eigenvalue weighted by Gasteiger charge is 2.25. The lowest BCUT2D eigenvalue weighted by molar-refractivity contribution is -0.130. The minimum absolute atomic E-state index is 0.153. The number of aromatic nitrogens is 4. The minimum Gasteiger partial charge on any atom is -0.339 e. The van der Waals surface area contributed by atoms with E-state index in [2.05, 4.69) is 51.6 Å². The van der Waals surface area contributed by atoms with Gasteiger partial charge >= 0.3 is 0 Å². The smallest absolute Gasteiger partial charge is 0.233 e. The molecule has 140 valence electrons. The number of hydrogen-bond donors (Lipinski definition) is 0. The quantitative estimate of drug-likeness (QED) is 0.723. The van der Waals surface area contributed by atoms with Crippen molar-refractivity contribution in [1.29, 1.82) is 0 Å². The molecule has 1 aliphatic rings. The van der Waals surface area contributed by atoms with Crippen molar-refractivity contribution >= 4 is 17.7 Å². The molecule has 1 amide bonds. The number of nitrogens with zero attached hydrogens (tertiary/aromatic N) is 6. The number of thioether (sulfide) groups is 1. The normalized spacial score (nSPS) is 16.8. The molecule has 3 rings (SSSR count). The maximum absolute atomic E-state index is 12.5. The number of amides is 1. The van der Waals surface area contributed by atoms with Crippen LogP contribution in [0.4, 0.5) is 0 Å². The second kappa shape index (κ2) is 8.64. The topological polar surface area (TPSA) is 67.2 Å². The molecule has 2 aromatic rings.